The SMILES string of the molecule is Cc1c(NC(=O)N[C@@H](C)C(=O)O)cccc1[N+](=O)[O-]. The predicted octanol–water partition coefficient (Wildman–Crippen LogP) is 1.50. The van der Waals surface area contributed by atoms with E-state index >= 15 is 0 Å². The van der Waals surface area contributed by atoms with E-state index in [0.29, 0.717) is 5.56 Å². The second-order valence-electron chi connectivity index (χ2n) is 3.87. The first kappa shape index (κ1) is 14.4. The molecule has 0 aromatic heterocycles. The molecule has 102 valence electrons. The second-order valence-corrected chi connectivity index (χ2v) is 3.87. The molecule has 0 aliphatic rings. The number of hydrogen-bond acceptors (Lipinski definition) is 4. The summed E-state index contributed by atoms with van der Waals surface area (Å²) in [6, 6.07) is 2.45. The number of nitrogens with one attached hydrogen (secondary N) is 2. The standard InChI is InChI=1S/C11H13N3O5/c1-6-8(4-3-5-9(6)14(18)19)13-11(17)12-7(2)10(15)16/h3-5,7H,1-2H3,(H,15,16)(H2,12,13,17)/t7-/m0/s1. The first-order chi connectivity index (χ1) is 8.82. The van der Waals surface area contributed by atoms with Crippen LogP contribution in [0.15, 0.2) is 18.2 Å². The number of nitro groups is 1. The normalized spacial score (nSPS) is 11.5. The van der Waals surface area contributed by atoms with Gasteiger partial charge in [0.05, 0.1) is 16.2 Å². The Labute approximate surface area is 108 Å². The van der Waals surface area contributed by atoms with Crippen LogP contribution in [0.1, 0.15) is 12.5 Å². The van der Waals surface area contributed by atoms with E-state index in [1.807, 2.05) is 0 Å². The highest BCUT2D eigenvalue weighted by Gasteiger charge is 2.17. The Morgan fingerprint density at radius 1 is 1.42 bits per heavy atom. The van der Waals surface area contributed by atoms with Crippen LogP contribution in [0.5, 0.6) is 0 Å². The van der Waals surface area contributed by atoms with Gasteiger partial charge in [0, 0.05) is 6.07 Å². The molecule has 8 nitrogen and oxygen atoms in total. The fourth-order valence-corrected chi connectivity index (χ4v) is 1.37. The van der Waals surface area contributed by atoms with Gasteiger partial charge in [0.15, 0.2) is 0 Å². The average Bonchev–Trinajstić information content (AvgIpc) is 2.31. The van der Waals surface area contributed by atoms with Crippen LogP contribution in [0.2, 0.25) is 0 Å². The van der Waals surface area contributed by atoms with Gasteiger partial charge >= 0.3 is 12.0 Å². The molecule has 0 unspecified atom stereocenters. The lowest BCUT2D eigenvalue weighted by Gasteiger charge is -2.12. The van der Waals surface area contributed by atoms with Crippen LogP contribution in [0.4, 0.5) is 16.2 Å². The predicted molar refractivity (Wildman–Crippen MR) is 67.1 cm³/mol. The Balaban J connectivity index is 2.83. The molecule has 3 N–H and O–H groups in total. The Morgan fingerprint density at radius 3 is 2.58 bits per heavy atom. The Bertz CT molecular complexity index is 529. The van der Waals surface area contributed by atoms with Crippen LogP contribution in [0, 0.1) is 17.0 Å². The number of amides is 2. The summed E-state index contributed by atoms with van der Waals surface area (Å²) >= 11 is 0. The number of hydrogen-bond donors (Lipinski definition) is 3. The molecule has 19 heavy (non-hydrogen) atoms. The topological polar surface area (TPSA) is 122 Å². The molecule has 0 spiro atoms. The summed E-state index contributed by atoms with van der Waals surface area (Å²) < 4.78 is 0. The van der Waals surface area contributed by atoms with E-state index in [0.717, 1.165) is 0 Å². The summed E-state index contributed by atoms with van der Waals surface area (Å²) in [5.41, 5.74) is 0.430. The highest BCUT2D eigenvalue weighted by atomic mass is 16.6. The molecule has 1 aromatic rings. The smallest absolute Gasteiger partial charge is 0.325 e. The van der Waals surface area contributed by atoms with Gasteiger partial charge in [-0.2, -0.15) is 0 Å². The van der Waals surface area contributed by atoms with Crippen molar-refractivity contribution < 1.29 is 19.6 Å². The second kappa shape index (κ2) is 5.80. The Kier molecular flexibility index (Phi) is 4.41. The number of nitrogens with zero attached hydrogens (tertiary/aromatic N) is 1. The highest BCUT2D eigenvalue weighted by molar-refractivity contribution is 5.93. The van der Waals surface area contributed by atoms with E-state index in [2.05, 4.69) is 10.6 Å². The maximum absolute atomic E-state index is 11.5. The van der Waals surface area contributed by atoms with Crippen LogP contribution in [0.25, 0.3) is 0 Å². The zero-order valence-electron chi connectivity index (χ0n) is 10.3. The molecule has 0 saturated carbocycles. The average molecular weight is 267 g/mol. The molecule has 1 atom stereocenters. The molecule has 1 rings (SSSR count). The van der Waals surface area contributed by atoms with E-state index in [4.69, 9.17) is 5.11 Å². The zero-order chi connectivity index (χ0) is 14.6. The lowest BCUT2D eigenvalue weighted by atomic mass is 10.1. The van der Waals surface area contributed by atoms with E-state index in [9.17, 15) is 19.7 Å². The number of carbonyl (C=O) groups excluding carboxylic acids is 1. The molecular formula is C11H13N3O5. The molecule has 0 fully saturated rings. The number of nitro benzene ring substituents is 1. The van der Waals surface area contributed by atoms with Gasteiger partial charge in [0.1, 0.15) is 6.04 Å². The number of rotatable bonds is 4. The van der Waals surface area contributed by atoms with Crippen molar-refractivity contribution in [1.82, 2.24) is 5.32 Å². The van der Waals surface area contributed by atoms with Gasteiger partial charge < -0.3 is 15.7 Å². The Morgan fingerprint density at radius 2 is 2.05 bits per heavy atom. The van der Waals surface area contributed by atoms with Gasteiger partial charge in [-0.05, 0) is 19.9 Å². The van der Waals surface area contributed by atoms with Crippen molar-refractivity contribution in [1.29, 1.82) is 0 Å². The summed E-state index contributed by atoms with van der Waals surface area (Å²) in [5.74, 6) is -1.18. The molecule has 0 bridgehead atoms. The van der Waals surface area contributed by atoms with E-state index in [1.54, 1.807) is 0 Å². The summed E-state index contributed by atoms with van der Waals surface area (Å²) in [6.07, 6.45) is 0. The molecule has 8 heteroatoms. The summed E-state index contributed by atoms with van der Waals surface area (Å²) in [6.45, 7) is 2.80. The third kappa shape index (κ3) is 3.66. The highest BCUT2D eigenvalue weighted by Crippen LogP contribution is 2.24. The number of carboxylic acid groups (broad SMARTS) is 1. The number of carbonyl (C=O) groups is 2. The fraction of sp³-hybridized carbons (Fsp3) is 0.273. The van der Waals surface area contributed by atoms with Gasteiger partial charge in [-0.25, -0.2) is 4.79 Å². The molecule has 0 aliphatic carbocycles. The van der Waals surface area contributed by atoms with Crippen molar-refractivity contribution in [2.75, 3.05) is 5.32 Å². The zero-order valence-corrected chi connectivity index (χ0v) is 10.3. The number of carboxylic acids is 1. The molecular weight excluding hydrogens is 254 g/mol. The largest absolute Gasteiger partial charge is 0.480 e. The van der Waals surface area contributed by atoms with E-state index in [-0.39, 0.29) is 11.4 Å². The van der Waals surface area contributed by atoms with Gasteiger partial charge in [0.25, 0.3) is 5.69 Å². The third-order valence-electron chi connectivity index (χ3n) is 2.47. The number of aliphatic carboxylic acids is 1. The maximum atomic E-state index is 11.5. The fourth-order valence-electron chi connectivity index (χ4n) is 1.37. The van der Waals surface area contributed by atoms with Gasteiger partial charge in [-0.3, -0.25) is 14.9 Å². The first-order valence-electron chi connectivity index (χ1n) is 5.37. The van der Waals surface area contributed by atoms with E-state index < -0.39 is 23.0 Å². The third-order valence-corrected chi connectivity index (χ3v) is 2.47. The van der Waals surface area contributed by atoms with Crippen LogP contribution in [-0.2, 0) is 4.79 Å². The van der Waals surface area contributed by atoms with Crippen molar-refractivity contribution in [3.8, 4) is 0 Å². The maximum Gasteiger partial charge on any atom is 0.325 e. The Hall–Kier alpha value is -2.64. The minimum Gasteiger partial charge on any atom is -0.480 e. The lowest BCUT2D eigenvalue weighted by molar-refractivity contribution is -0.385. The molecule has 1 aromatic carbocycles. The van der Waals surface area contributed by atoms with Crippen molar-refractivity contribution in [3.05, 3.63) is 33.9 Å². The minimum atomic E-state index is -1.18. The monoisotopic (exact) mass is 267 g/mol. The summed E-state index contributed by atoms with van der Waals surface area (Å²) in [5, 5.41) is 23.9. The van der Waals surface area contributed by atoms with Gasteiger partial charge in [-0.1, -0.05) is 6.07 Å². The quantitative estimate of drug-likeness (QED) is 0.563. The molecule has 0 saturated heterocycles. The van der Waals surface area contributed by atoms with Crippen LogP contribution in [0.3, 0.4) is 0 Å². The lowest BCUT2D eigenvalue weighted by Crippen LogP contribution is -2.40. The van der Waals surface area contributed by atoms with E-state index in [1.165, 1.54) is 32.0 Å². The molecule has 0 heterocycles. The molecule has 0 radical (unpaired) electrons. The van der Waals surface area contributed by atoms with Gasteiger partial charge in [0.2, 0.25) is 0 Å². The van der Waals surface area contributed by atoms with Gasteiger partial charge in [-0.15, -0.1) is 0 Å². The number of anilines is 1. The summed E-state index contributed by atoms with van der Waals surface area (Å²) in [7, 11) is 0. The minimum absolute atomic E-state index is 0.121. The van der Waals surface area contributed by atoms with Crippen LogP contribution >= 0.6 is 0 Å². The number of benzene rings is 1. The van der Waals surface area contributed by atoms with Crippen molar-refractivity contribution in [3.63, 3.8) is 0 Å². The molecule has 2 amide bonds. The summed E-state index contributed by atoms with van der Waals surface area (Å²) in [4.78, 5) is 32.2. The van der Waals surface area contributed by atoms with Crippen molar-refractivity contribution >= 4 is 23.4 Å². The van der Waals surface area contributed by atoms with Crippen molar-refractivity contribution in [2.24, 2.45) is 0 Å². The molecule has 0 aliphatic heterocycles. The first-order valence-corrected chi connectivity index (χ1v) is 5.37. The van der Waals surface area contributed by atoms with Crippen LogP contribution in [-0.4, -0.2) is 28.1 Å². The number of urea groups is 1. The van der Waals surface area contributed by atoms with Crippen molar-refractivity contribution in [2.45, 2.75) is 19.9 Å². The van der Waals surface area contributed by atoms with Crippen LogP contribution < -0.4 is 10.6 Å².